The SMILES string of the molecule is CCCCC(O)c1cc(OC)ccc1Br. The summed E-state index contributed by atoms with van der Waals surface area (Å²) in [4.78, 5) is 0. The Balaban J connectivity index is 2.81. The highest BCUT2D eigenvalue weighted by Crippen LogP contribution is 2.30. The maximum Gasteiger partial charge on any atom is 0.119 e. The van der Waals surface area contributed by atoms with Crippen LogP contribution in [0.25, 0.3) is 0 Å². The Morgan fingerprint density at radius 2 is 2.20 bits per heavy atom. The van der Waals surface area contributed by atoms with Crippen molar-refractivity contribution in [2.24, 2.45) is 0 Å². The van der Waals surface area contributed by atoms with E-state index in [0.717, 1.165) is 35.0 Å². The van der Waals surface area contributed by atoms with Gasteiger partial charge < -0.3 is 9.84 Å². The summed E-state index contributed by atoms with van der Waals surface area (Å²) in [5.74, 6) is 0.781. The third-order valence-corrected chi connectivity index (χ3v) is 3.12. The van der Waals surface area contributed by atoms with Crippen molar-refractivity contribution in [1.29, 1.82) is 0 Å². The van der Waals surface area contributed by atoms with Gasteiger partial charge in [0.1, 0.15) is 5.75 Å². The van der Waals surface area contributed by atoms with Crippen molar-refractivity contribution in [3.63, 3.8) is 0 Å². The number of aliphatic hydroxyl groups is 1. The molecule has 0 bridgehead atoms. The lowest BCUT2D eigenvalue weighted by atomic mass is 10.0. The first-order valence-corrected chi connectivity index (χ1v) is 5.99. The molecule has 0 fully saturated rings. The minimum absolute atomic E-state index is 0.408. The van der Waals surface area contributed by atoms with Crippen LogP contribution in [0.1, 0.15) is 37.9 Å². The highest BCUT2D eigenvalue weighted by Gasteiger charge is 2.11. The van der Waals surface area contributed by atoms with E-state index in [1.807, 2.05) is 18.2 Å². The molecule has 0 amide bonds. The first-order chi connectivity index (χ1) is 7.19. The molecule has 1 unspecified atom stereocenters. The predicted molar refractivity (Wildman–Crippen MR) is 65.2 cm³/mol. The summed E-state index contributed by atoms with van der Waals surface area (Å²) in [6.07, 6.45) is 2.51. The van der Waals surface area contributed by atoms with Crippen molar-refractivity contribution in [1.82, 2.24) is 0 Å². The van der Waals surface area contributed by atoms with Gasteiger partial charge in [-0.25, -0.2) is 0 Å². The number of hydrogen-bond acceptors (Lipinski definition) is 2. The van der Waals surface area contributed by atoms with Gasteiger partial charge in [0.05, 0.1) is 13.2 Å². The van der Waals surface area contributed by atoms with Gasteiger partial charge in [0, 0.05) is 4.47 Å². The van der Waals surface area contributed by atoms with Crippen molar-refractivity contribution in [3.8, 4) is 5.75 Å². The largest absolute Gasteiger partial charge is 0.497 e. The van der Waals surface area contributed by atoms with Crippen LogP contribution in [0.5, 0.6) is 5.75 Å². The highest BCUT2D eigenvalue weighted by molar-refractivity contribution is 9.10. The van der Waals surface area contributed by atoms with Crippen molar-refractivity contribution >= 4 is 15.9 Å². The minimum Gasteiger partial charge on any atom is -0.497 e. The number of halogens is 1. The van der Waals surface area contributed by atoms with Gasteiger partial charge in [0.25, 0.3) is 0 Å². The molecular weight excluding hydrogens is 256 g/mol. The molecule has 0 aliphatic carbocycles. The van der Waals surface area contributed by atoms with Crippen molar-refractivity contribution in [3.05, 3.63) is 28.2 Å². The predicted octanol–water partition coefficient (Wildman–Crippen LogP) is 3.68. The lowest BCUT2D eigenvalue weighted by Crippen LogP contribution is -1.99. The van der Waals surface area contributed by atoms with Gasteiger partial charge in [-0.05, 0) is 30.2 Å². The van der Waals surface area contributed by atoms with Gasteiger partial charge in [-0.2, -0.15) is 0 Å². The van der Waals surface area contributed by atoms with E-state index in [9.17, 15) is 5.11 Å². The van der Waals surface area contributed by atoms with Crippen LogP contribution in [-0.2, 0) is 0 Å². The fourth-order valence-corrected chi connectivity index (χ4v) is 1.97. The molecule has 0 aliphatic rings. The zero-order valence-corrected chi connectivity index (χ0v) is 10.8. The summed E-state index contributed by atoms with van der Waals surface area (Å²) in [6.45, 7) is 2.12. The first-order valence-electron chi connectivity index (χ1n) is 5.20. The number of benzene rings is 1. The Bertz CT molecular complexity index is 312. The second-order valence-corrected chi connectivity index (χ2v) is 4.40. The highest BCUT2D eigenvalue weighted by atomic mass is 79.9. The Morgan fingerprint density at radius 1 is 1.47 bits per heavy atom. The average molecular weight is 273 g/mol. The van der Waals surface area contributed by atoms with Crippen molar-refractivity contribution in [2.45, 2.75) is 32.3 Å². The smallest absolute Gasteiger partial charge is 0.119 e. The molecule has 1 N–H and O–H groups in total. The molecule has 1 rings (SSSR count). The van der Waals surface area contributed by atoms with Crippen LogP contribution < -0.4 is 4.74 Å². The van der Waals surface area contributed by atoms with Crippen LogP contribution in [0.3, 0.4) is 0 Å². The van der Waals surface area contributed by atoms with Crippen molar-refractivity contribution in [2.75, 3.05) is 7.11 Å². The fourth-order valence-electron chi connectivity index (χ4n) is 1.46. The van der Waals surface area contributed by atoms with E-state index in [-0.39, 0.29) is 0 Å². The number of aliphatic hydroxyl groups excluding tert-OH is 1. The van der Waals surface area contributed by atoms with Crippen LogP contribution in [0, 0.1) is 0 Å². The van der Waals surface area contributed by atoms with Gasteiger partial charge in [-0.3, -0.25) is 0 Å². The summed E-state index contributed by atoms with van der Waals surface area (Å²) in [6, 6.07) is 5.66. The molecule has 3 heteroatoms. The molecule has 0 heterocycles. The van der Waals surface area contributed by atoms with Gasteiger partial charge in [0.15, 0.2) is 0 Å². The zero-order chi connectivity index (χ0) is 11.3. The van der Waals surface area contributed by atoms with Crippen LogP contribution in [-0.4, -0.2) is 12.2 Å². The van der Waals surface area contributed by atoms with E-state index in [2.05, 4.69) is 22.9 Å². The maximum atomic E-state index is 9.97. The van der Waals surface area contributed by atoms with E-state index in [4.69, 9.17) is 4.74 Å². The van der Waals surface area contributed by atoms with Gasteiger partial charge in [-0.1, -0.05) is 35.7 Å². The van der Waals surface area contributed by atoms with E-state index in [1.165, 1.54) is 0 Å². The Labute approximate surface area is 99.4 Å². The molecule has 1 aromatic rings. The second-order valence-electron chi connectivity index (χ2n) is 3.55. The normalized spacial score (nSPS) is 12.5. The third kappa shape index (κ3) is 3.50. The standard InChI is InChI=1S/C12H17BrO2/c1-3-4-5-12(14)10-8-9(15-2)6-7-11(10)13/h6-8,12,14H,3-5H2,1-2H3. The molecule has 1 aromatic carbocycles. The van der Waals surface area contributed by atoms with E-state index < -0.39 is 6.10 Å². The average Bonchev–Trinajstić information content (AvgIpc) is 2.26. The van der Waals surface area contributed by atoms with Crippen LogP contribution in [0.15, 0.2) is 22.7 Å². The Kier molecular flexibility index (Phi) is 5.12. The third-order valence-electron chi connectivity index (χ3n) is 2.39. The molecule has 0 spiro atoms. The number of ether oxygens (including phenoxy) is 1. The zero-order valence-electron chi connectivity index (χ0n) is 9.16. The van der Waals surface area contributed by atoms with Crippen LogP contribution in [0.4, 0.5) is 0 Å². The molecule has 0 saturated carbocycles. The van der Waals surface area contributed by atoms with Crippen molar-refractivity contribution < 1.29 is 9.84 Å². The van der Waals surface area contributed by atoms with Crippen LogP contribution >= 0.6 is 15.9 Å². The quantitative estimate of drug-likeness (QED) is 0.886. The number of methoxy groups -OCH3 is 1. The van der Waals surface area contributed by atoms with E-state index in [0.29, 0.717) is 0 Å². The van der Waals surface area contributed by atoms with Crippen LogP contribution in [0.2, 0.25) is 0 Å². The topological polar surface area (TPSA) is 29.5 Å². The first kappa shape index (κ1) is 12.5. The fraction of sp³-hybridized carbons (Fsp3) is 0.500. The molecule has 15 heavy (non-hydrogen) atoms. The molecule has 2 nitrogen and oxygen atoms in total. The second kappa shape index (κ2) is 6.13. The monoisotopic (exact) mass is 272 g/mol. The summed E-state index contributed by atoms with van der Waals surface area (Å²) < 4.78 is 6.07. The summed E-state index contributed by atoms with van der Waals surface area (Å²) in [5.41, 5.74) is 0.905. The lowest BCUT2D eigenvalue weighted by Gasteiger charge is -2.13. The van der Waals surface area contributed by atoms with E-state index in [1.54, 1.807) is 7.11 Å². The Hall–Kier alpha value is -0.540. The maximum absolute atomic E-state index is 9.97. The number of rotatable bonds is 5. The van der Waals surface area contributed by atoms with Gasteiger partial charge >= 0.3 is 0 Å². The molecule has 0 saturated heterocycles. The summed E-state index contributed by atoms with van der Waals surface area (Å²) >= 11 is 3.44. The molecular formula is C12H17BrO2. The molecule has 0 aliphatic heterocycles. The molecule has 84 valence electrons. The summed E-state index contributed by atoms with van der Waals surface area (Å²) in [5, 5.41) is 9.97. The lowest BCUT2D eigenvalue weighted by molar-refractivity contribution is 0.163. The van der Waals surface area contributed by atoms with Gasteiger partial charge in [0.2, 0.25) is 0 Å². The van der Waals surface area contributed by atoms with Gasteiger partial charge in [-0.15, -0.1) is 0 Å². The molecule has 1 atom stereocenters. The van der Waals surface area contributed by atoms with E-state index >= 15 is 0 Å². The molecule has 0 radical (unpaired) electrons. The summed E-state index contributed by atoms with van der Waals surface area (Å²) in [7, 11) is 1.63. The number of unbranched alkanes of at least 4 members (excludes halogenated alkanes) is 1. The minimum atomic E-state index is -0.408. The Morgan fingerprint density at radius 3 is 2.80 bits per heavy atom. The number of hydrogen-bond donors (Lipinski definition) is 1. The molecule has 0 aromatic heterocycles.